The number of anilines is 1. The van der Waals surface area contributed by atoms with Crippen LogP contribution >= 0.6 is 11.3 Å². The monoisotopic (exact) mass is 431 g/mol. The number of amides is 2. The average molecular weight is 432 g/mol. The van der Waals surface area contributed by atoms with E-state index in [1.165, 1.54) is 17.7 Å². The van der Waals surface area contributed by atoms with Crippen molar-refractivity contribution in [3.8, 4) is 5.69 Å². The first-order valence-electron chi connectivity index (χ1n) is 9.70. The third-order valence-corrected chi connectivity index (χ3v) is 5.94. The van der Waals surface area contributed by atoms with Gasteiger partial charge in [-0.15, -0.1) is 11.3 Å². The van der Waals surface area contributed by atoms with E-state index in [0.29, 0.717) is 16.1 Å². The molecule has 0 aliphatic carbocycles. The molecule has 0 saturated heterocycles. The van der Waals surface area contributed by atoms with E-state index in [1.807, 2.05) is 42.6 Å². The Morgan fingerprint density at radius 1 is 1.10 bits per heavy atom. The molecular formula is C23H21N5O2S. The van der Waals surface area contributed by atoms with Crippen molar-refractivity contribution < 1.29 is 9.59 Å². The van der Waals surface area contributed by atoms with Crippen LogP contribution in [-0.2, 0) is 0 Å². The zero-order chi connectivity index (χ0) is 21.8. The second-order valence-electron chi connectivity index (χ2n) is 7.04. The summed E-state index contributed by atoms with van der Waals surface area (Å²) < 4.78 is 1.68. The Morgan fingerprint density at radius 3 is 2.58 bits per heavy atom. The van der Waals surface area contributed by atoms with Gasteiger partial charge in [0, 0.05) is 18.3 Å². The smallest absolute Gasteiger partial charge is 0.265 e. The highest BCUT2D eigenvalue weighted by Gasteiger charge is 2.19. The van der Waals surface area contributed by atoms with E-state index < -0.39 is 0 Å². The normalized spacial score (nSPS) is 11.7. The third kappa shape index (κ3) is 4.54. The van der Waals surface area contributed by atoms with Crippen LogP contribution in [0.3, 0.4) is 0 Å². The Kier molecular flexibility index (Phi) is 5.90. The minimum absolute atomic E-state index is 0.125. The molecule has 2 aromatic carbocycles. The number of nitrogens with one attached hydrogen (secondary N) is 1. The van der Waals surface area contributed by atoms with Gasteiger partial charge >= 0.3 is 0 Å². The van der Waals surface area contributed by atoms with Crippen LogP contribution in [0.5, 0.6) is 0 Å². The first-order chi connectivity index (χ1) is 15.0. The number of thiophene rings is 1. The second kappa shape index (κ2) is 8.93. The van der Waals surface area contributed by atoms with Gasteiger partial charge in [-0.2, -0.15) is 5.10 Å². The second-order valence-corrected chi connectivity index (χ2v) is 7.98. The molecular weight excluding hydrogens is 410 g/mol. The Hall–Kier alpha value is -3.78. The summed E-state index contributed by atoms with van der Waals surface area (Å²) in [5.41, 5.74) is 3.00. The molecule has 0 aliphatic heterocycles. The van der Waals surface area contributed by atoms with Crippen LogP contribution in [0.2, 0.25) is 0 Å². The largest absolute Gasteiger partial charge is 0.335 e. The van der Waals surface area contributed by atoms with E-state index in [2.05, 4.69) is 15.4 Å². The van der Waals surface area contributed by atoms with Crippen LogP contribution in [-0.4, -0.2) is 38.5 Å². The zero-order valence-electron chi connectivity index (χ0n) is 17.1. The molecule has 2 aromatic heterocycles. The SMILES string of the molecule is C[C@H](c1ccc(-n2cncn2)cc1)N(C)C(=O)c1cccc(NC(=O)c2cccs2)c1. The van der Waals surface area contributed by atoms with Gasteiger partial charge in [-0.05, 0) is 54.3 Å². The van der Waals surface area contributed by atoms with Crippen molar-refractivity contribution in [3.05, 3.63) is 94.7 Å². The third-order valence-electron chi connectivity index (χ3n) is 5.07. The van der Waals surface area contributed by atoms with Crippen LogP contribution < -0.4 is 5.32 Å². The Labute approximate surface area is 184 Å². The quantitative estimate of drug-likeness (QED) is 0.490. The lowest BCUT2D eigenvalue weighted by Gasteiger charge is -2.26. The lowest BCUT2D eigenvalue weighted by Crippen LogP contribution is -2.29. The summed E-state index contributed by atoms with van der Waals surface area (Å²) in [7, 11) is 1.77. The number of aromatic nitrogens is 3. The predicted octanol–water partition coefficient (Wildman–Crippen LogP) is 4.41. The van der Waals surface area contributed by atoms with Crippen LogP contribution in [0.4, 0.5) is 5.69 Å². The summed E-state index contributed by atoms with van der Waals surface area (Å²) in [6.07, 6.45) is 3.12. The van der Waals surface area contributed by atoms with Crippen LogP contribution in [0.1, 0.15) is 38.6 Å². The van der Waals surface area contributed by atoms with E-state index in [4.69, 9.17) is 0 Å². The zero-order valence-corrected chi connectivity index (χ0v) is 17.9. The number of hydrogen-bond donors (Lipinski definition) is 1. The highest BCUT2D eigenvalue weighted by Crippen LogP contribution is 2.23. The van der Waals surface area contributed by atoms with Gasteiger partial charge in [0.15, 0.2) is 0 Å². The average Bonchev–Trinajstić information content (AvgIpc) is 3.52. The number of carbonyl (C=O) groups excluding carboxylic acids is 2. The molecule has 4 rings (SSSR count). The predicted molar refractivity (Wildman–Crippen MR) is 121 cm³/mol. The van der Waals surface area contributed by atoms with Gasteiger partial charge in [0.1, 0.15) is 12.7 Å². The van der Waals surface area contributed by atoms with Gasteiger partial charge in [0.05, 0.1) is 16.6 Å². The molecule has 0 aliphatic rings. The molecule has 0 unspecified atom stereocenters. The number of rotatable bonds is 6. The van der Waals surface area contributed by atoms with Gasteiger partial charge < -0.3 is 10.2 Å². The van der Waals surface area contributed by atoms with Gasteiger partial charge in [0.2, 0.25) is 0 Å². The molecule has 156 valence electrons. The number of hydrogen-bond acceptors (Lipinski definition) is 5. The fraction of sp³-hybridized carbons (Fsp3) is 0.130. The summed E-state index contributed by atoms with van der Waals surface area (Å²) in [5, 5.41) is 8.82. The molecule has 0 saturated carbocycles. The number of carbonyl (C=O) groups is 2. The fourth-order valence-electron chi connectivity index (χ4n) is 3.18. The van der Waals surface area contributed by atoms with E-state index in [9.17, 15) is 9.59 Å². The number of benzene rings is 2. The molecule has 8 heteroatoms. The summed E-state index contributed by atoms with van der Waals surface area (Å²) in [4.78, 5) is 31.6. The molecule has 0 fully saturated rings. The van der Waals surface area contributed by atoms with E-state index >= 15 is 0 Å². The Morgan fingerprint density at radius 2 is 1.90 bits per heavy atom. The van der Waals surface area contributed by atoms with Crippen molar-refractivity contribution in [2.45, 2.75) is 13.0 Å². The minimum Gasteiger partial charge on any atom is -0.335 e. The fourth-order valence-corrected chi connectivity index (χ4v) is 3.80. The van der Waals surface area contributed by atoms with Gasteiger partial charge in [-0.1, -0.05) is 24.3 Å². The van der Waals surface area contributed by atoms with Crippen LogP contribution in [0, 0.1) is 0 Å². The molecule has 1 atom stereocenters. The first kappa shape index (κ1) is 20.5. The van der Waals surface area contributed by atoms with E-state index in [0.717, 1.165) is 11.3 Å². The van der Waals surface area contributed by atoms with Gasteiger partial charge in [-0.3, -0.25) is 9.59 Å². The maximum Gasteiger partial charge on any atom is 0.265 e. The maximum atomic E-state index is 13.1. The minimum atomic E-state index is -0.186. The van der Waals surface area contributed by atoms with E-state index in [1.54, 1.807) is 53.3 Å². The summed E-state index contributed by atoms with van der Waals surface area (Å²) >= 11 is 1.37. The topological polar surface area (TPSA) is 80.1 Å². The highest BCUT2D eigenvalue weighted by atomic mass is 32.1. The molecule has 1 N–H and O–H groups in total. The van der Waals surface area contributed by atoms with Crippen molar-refractivity contribution in [2.75, 3.05) is 12.4 Å². The van der Waals surface area contributed by atoms with Crippen molar-refractivity contribution in [3.63, 3.8) is 0 Å². The van der Waals surface area contributed by atoms with Crippen molar-refractivity contribution in [2.24, 2.45) is 0 Å². The van der Waals surface area contributed by atoms with Crippen molar-refractivity contribution in [1.29, 1.82) is 0 Å². The lowest BCUT2D eigenvalue weighted by molar-refractivity contribution is 0.0742. The first-order valence-corrected chi connectivity index (χ1v) is 10.6. The maximum absolute atomic E-state index is 13.1. The van der Waals surface area contributed by atoms with Crippen LogP contribution in [0.25, 0.3) is 5.69 Å². The van der Waals surface area contributed by atoms with Crippen LogP contribution in [0.15, 0.2) is 78.7 Å². The van der Waals surface area contributed by atoms with Gasteiger partial charge in [0.25, 0.3) is 11.8 Å². The molecule has 31 heavy (non-hydrogen) atoms. The van der Waals surface area contributed by atoms with Crippen molar-refractivity contribution in [1.82, 2.24) is 19.7 Å². The lowest BCUT2D eigenvalue weighted by atomic mass is 10.1. The molecule has 2 amide bonds. The number of nitrogens with zero attached hydrogens (tertiary/aromatic N) is 4. The summed E-state index contributed by atoms with van der Waals surface area (Å²) in [6.45, 7) is 1.98. The Balaban J connectivity index is 1.46. The van der Waals surface area contributed by atoms with E-state index in [-0.39, 0.29) is 17.9 Å². The molecule has 7 nitrogen and oxygen atoms in total. The summed E-state index contributed by atoms with van der Waals surface area (Å²) in [6, 6.07) is 18.3. The molecule has 2 heterocycles. The van der Waals surface area contributed by atoms with Gasteiger partial charge in [-0.25, -0.2) is 9.67 Å². The molecule has 0 spiro atoms. The molecule has 0 bridgehead atoms. The standard InChI is InChI=1S/C23H21N5O2S/c1-16(17-8-10-20(11-9-17)28-15-24-14-25-28)27(2)23(30)18-5-3-6-19(13-18)26-22(29)21-7-4-12-31-21/h3-16H,1-2H3,(H,26,29)/t16-/m1/s1. The van der Waals surface area contributed by atoms with Crippen molar-refractivity contribution >= 4 is 28.8 Å². The Bertz CT molecular complexity index is 1170. The highest BCUT2D eigenvalue weighted by molar-refractivity contribution is 7.12. The molecule has 4 aromatic rings. The molecule has 0 radical (unpaired) electrons. The summed E-state index contributed by atoms with van der Waals surface area (Å²) in [5.74, 6) is -0.311.